The largest absolute Gasteiger partial charge is 0.479 e. The first-order valence-corrected chi connectivity index (χ1v) is 12.8. The third-order valence-electron chi connectivity index (χ3n) is 5.60. The molecule has 1 aliphatic heterocycles. The van der Waals surface area contributed by atoms with Crippen molar-refractivity contribution in [3.63, 3.8) is 0 Å². The van der Waals surface area contributed by atoms with Gasteiger partial charge >= 0.3 is 5.97 Å². The number of carbonyl (C=O) groups is 1. The molecule has 182 valence electrons. The zero-order valence-corrected chi connectivity index (χ0v) is 21.3. The maximum absolute atomic E-state index is 13.1. The molecule has 0 bridgehead atoms. The summed E-state index contributed by atoms with van der Waals surface area (Å²) in [7, 11) is -4.39. The second-order valence-corrected chi connectivity index (χ2v) is 11.6. The van der Waals surface area contributed by atoms with Gasteiger partial charge in [-0.15, -0.1) is 0 Å². The number of aromatic nitrogens is 1. The van der Waals surface area contributed by atoms with E-state index in [0.717, 1.165) is 10.8 Å². The monoisotopic (exact) mass is 508 g/mol. The van der Waals surface area contributed by atoms with Crippen molar-refractivity contribution in [2.24, 2.45) is 0 Å². The summed E-state index contributed by atoms with van der Waals surface area (Å²) in [6.07, 6.45) is -0.763. The molecular formula is C25H29ClN2O5S. The lowest BCUT2D eigenvalue weighted by molar-refractivity contribution is -0.160. The normalized spacial score (nSPS) is 19.8. The van der Waals surface area contributed by atoms with Gasteiger partial charge in [-0.1, -0.05) is 23.7 Å². The lowest BCUT2D eigenvalue weighted by Gasteiger charge is -2.34. The number of aryl methyl sites for hydroxylation is 2. The molecule has 0 saturated carbocycles. The smallest absolute Gasteiger partial charge is 0.337 e. The second-order valence-electron chi connectivity index (χ2n) is 9.35. The maximum Gasteiger partial charge on any atom is 0.337 e. The van der Waals surface area contributed by atoms with E-state index in [1.807, 2.05) is 0 Å². The Morgan fingerprint density at radius 3 is 2.35 bits per heavy atom. The summed E-state index contributed by atoms with van der Waals surface area (Å²) in [4.78, 5) is 12.7. The van der Waals surface area contributed by atoms with Crippen LogP contribution in [-0.2, 0) is 26.1 Å². The molecule has 0 radical (unpaired) electrons. The molecule has 1 aliphatic rings. The molecule has 0 spiro atoms. The zero-order chi connectivity index (χ0) is 28.7. The number of anilines is 1. The minimum Gasteiger partial charge on any atom is -0.479 e. The highest BCUT2D eigenvalue weighted by atomic mass is 35.5. The molecule has 0 unspecified atom stereocenters. The molecule has 2 heterocycles. The van der Waals surface area contributed by atoms with Gasteiger partial charge in [-0.05, 0) is 69.5 Å². The van der Waals surface area contributed by atoms with Crippen molar-refractivity contribution in [1.82, 2.24) is 4.57 Å². The van der Waals surface area contributed by atoms with Crippen molar-refractivity contribution < 1.29 is 28.5 Å². The number of nitrogens with zero attached hydrogens (tertiary/aromatic N) is 2. The van der Waals surface area contributed by atoms with Crippen molar-refractivity contribution in [2.75, 3.05) is 17.1 Å². The highest BCUT2D eigenvalue weighted by Gasteiger charge is 2.37. The molecule has 7 nitrogen and oxygen atoms in total. The standard InChI is InChI=1S/C25H29ClN2O5S/c1-14-13-18-20(16-7-9-17(26)10-8-16)19(23(24(29)30)33-25(3,4)5)15(2)21-22(18)27(14)11-12-28(21)34(6,31)32/h7-10,13,23H,11-12H2,1-6H3,(H,29,30)/t23-/m0/s1/i11D2,12D2. The molecule has 0 fully saturated rings. The molecule has 0 aliphatic carbocycles. The number of carboxylic acids is 1. The first-order valence-electron chi connectivity index (χ1n) is 12.6. The molecule has 2 aromatic carbocycles. The Bertz CT molecular complexity index is 1580. The molecular weight excluding hydrogens is 476 g/mol. The lowest BCUT2D eigenvalue weighted by atomic mass is 9.87. The average Bonchev–Trinajstić information content (AvgIpc) is 3.09. The van der Waals surface area contributed by atoms with E-state index >= 15 is 0 Å². The van der Waals surface area contributed by atoms with E-state index in [1.165, 1.54) is 6.92 Å². The fraction of sp³-hybridized carbons (Fsp3) is 0.400. The fourth-order valence-electron chi connectivity index (χ4n) is 4.33. The van der Waals surface area contributed by atoms with Gasteiger partial charge in [0.05, 0.1) is 35.0 Å². The van der Waals surface area contributed by atoms with E-state index in [4.69, 9.17) is 21.8 Å². The first-order chi connectivity index (χ1) is 17.2. The third-order valence-corrected chi connectivity index (χ3v) is 6.78. The third kappa shape index (κ3) is 4.19. The summed E-state index contributed by atoms with van der Waals surface area (Å²) in [5.41, 5.74) is 0.668. The van der Waals surface area contributed by atoms with E-state index in [2.05, 4.69) is 0 Å². The van der Waals surface area contributed by atoms with E-state index < -0.39 is 40.7 Å². The van der Waals surface area contributed by atoms with Gasteiger partial charge < -0.3 is 14.4 Å². The van der Waals surface area contributed by atoms with E-state index in [9.17, 15) is 18.3 Å². The maximum atomic E-state index is 13.1. The van der Waals surface area contributed by atoms with Gasteiger partial charge in [0.25, 0.3) is 0 Å². The SMILES string of the molecule is [2H]C1([2H])N(S(C)(=O)=O)c2c(C)c([C@H](OC(C)(C)C)C(=O)O)c(-c3ccc(Cl)cc3)c3cc(C)n(c23)C1([2H])[2H]. The van der Waals surface area contributed by atoms with E-state index in [-0.39, 0.29) is 22.3 Å². The molecule has 3 aromatic rings. The Morgan fingerprint density at radius 2 is 1.82 bits per heavy atom. The number of benzene rings is 2. The van der Waals surface area contributed by atoms with Gasteiger partial charge in [0, 0.05) is 28.2 Å². The zero-order valence-electron chi connectivity index (χ0n) is 23.7. The number of halogens is 1. The predicted octanol–water partition coefficient (Wildman–Crippen LogP) is 5.30. The van der Waals surface area contributed by atoms with Crippen LogP contribution in [0.3, 0.4) is 0 Å². The molecule has 0 amide bonds. The van der Waals surface area contributed by atoms with Crippen LogP contribution in [0.4, 0.5) is 5.69 Å². The Kier molecular flexibility index (Phi) is 4.81. The van der Waals surface area contributed by atoms with Crippen LogP contribution in [0, 0.1) is 13.8 Å². The first kappa shape index (κ1) is 19.7. The fourth-order valence-corrected chi connectivity index (χ4v) is 5.22. The van der Waals surface area contributed by atoms with Gasteiger partial charge in [-0.2, -0.15) is 0 Å². The number of rotatable bonds is 5. The van der Waals surface area contributed by atoms with Crippen molar-refractivity contribution in [3.8, 4) is 11.1 Å². The minimum absolute atomic E-state index is 0.132. The summed E-state index contributed by atoms with van der Waals surface area (Å²) < 4.78 is 68.5. The number of hydrogen-bond acceptors (Lipinski definition) is 4. The van der Waals surface area contributed by atoms with Crippen LogP contribution in [0.15, 0.2) is 30.3 Å². The molecule has 0 saturated heterocycles. The quantitative estimate of drug-likeness (QED) is 0.505. The second kappa shape index (κ2) is 8.29. The molecule has 34 heavy (non-hydrogen) atoms. The van der Waals surface area contributed by atoms with Crippen LogP contribution in [0.2, 0.25) is 5.02 Å². The minimum atomic E-state index is -4.39. The van der Waals surface area contributed by atoms with Crippen LogP contribution in [0.5, 0.6) is 0 Å². The number of sulfonamides is 1. The Morgan fingerprint density at radius 1 is 1.21 bits per heavy atom. The number of aliphatic carboxylic acids is 1. The lowest BCUT2D eigenvalue weighted by Crippen LogP contribution is -2.37. The Balaban J connectivity index is 2.33. The highest BCUT2D eigenvalue weighted by molar-refractivity contribution is 7.92. The van der Waals surface area contributed by atoms with Crippen LogP contribution in [-0.4, -0.2) is 42.4 Å². The number of carboxylic acid groups (broad SMARTS) is 1. The highest BCUT2D eigenvalue weighted by Crippen LogP contribution is 2.48. The van der Waals surface area contributed by atoms with Gasteiger partial charge in [0.2, 0.25) is 10.0 Å². The summed E-state index contributed by atoms with van der Waals surface area (Å²) in [6, 6.07) is 8.26. The van der Waals surface area contributed by atoms with Crippen molar-refractivity contribution >= 4 is 44.2 Å². The molecule has 4 rings (SSSR count). The van der Waals surface area contributed by atoms with Crippen LogP contribution in [0.1, 0.15) is 49.2 Å². The van der Waals surface area contributed by atoms with Crippen LogP contribution < -0.4 is 4.31 Å². The van der Waals surface area contributed by atoms with Gasteiger partial charge in [-0.3, -0.25) is 4.31 Å². The summed E-state index contributed by atoms with van der Waals surface area (Å²) in [5, 5.41) is 11.1. The van der Waals surface area contributed by atoms with Gasteiger partial charge in [0.15, 0.2) is 6.10 Å². The molecule has 1 atom stereocenters. The summed E-state index contributed by atoms with van der Waals surface area (Å²) >= 11 is 6.13. The van der Waals surface area contributed by atoms with Crippen LogP contribution in [0.25, 0.3) is 22.0 Å². The summed E-state index contributed by atoms with van der Waals surface area (Å²) in [5.74, 6) is -1.32. The van der Waals surface area contributed by atoms with Gasteiger partial charge in [0.1, 0.15) is 0 Å². The van der Waals surface area contributed by atoms with Crippen molar-refractivity contribution in [1.29, 1.82) is 0 Å². The van der Waals surface area contributed by atoms with Crippen molar-refractivity contribution in [2.45, 2.75) is 52.8 Å². The number of hydrogen-bond donors (Lipinski definition) is 1. The van der Waals surface area contributed by atoms with Crippen LogP contribution >= 0.6 is 11.6 Å². The van der Waals surface area contributed by atoms with E-state index in [0.29, 0.717) is 31.5 Å². The van der Waals surface area contributed by atoms with Crippen molar-refractivity contribution in [3.05, 3.63) is 52.2 Å². The number of ether oxygens (including phenoxy) is 1. The van der Waals surface area contributed by atoms with E-state index in [1.54, 1.807) is 58.0 Å². The summed E-state index contributed by atoms with van der Waals surface area (Å²) in [6.45, 7) is 2.34. The Hall–Kier alpha value is -2.55. The molecule has 9 heteroatoms. The van der Waals surface area contributed by atoms with Gasteiger partial charge in [-0.25, -0.2) is 13.2 Å². The molecule has 1 aromatic heterocycles. The Labute approximate surface area is 210 Å². The average molecular weight is 509 g/mol. The topological polar surface area (TPSA) is 88.8 Å². The molecule has 1 N–H and O–H groups in total. The predicted molar refractivity (Wildman–Crippen MR) is 135 cm³/mol.